The molecular weight excluding hydrogens is 300 g/mol. The van der Waals surface area contributed by atoms with Gasteiger partial charge in [-0.3, -0.25) is 4.79 Å². The minimum Gasteiger partial charge on any atom is -0.336 e. The van der Waals surface area contributed by atoms with Crippen LogP contribution in [-0.4, -0.2) is 31.8 Å². The molecule has 0 saturated heterocycles. The van der Waals surface area contributed by atoms with Gasteiger partial charge in [0.25, 0.3) is 5.91 Å². The van der Waals surface area contributed by atoms with Crippen molar-refractivity contribution in [1.29, 1.82) is 0 Å². The third kappa shape index (κ3) is 4.19. The second-order valence-corrected chi connectivity index (χ2v) is 6.81. The number of sulfonamides is 1. The van der Waals surface area contributed by atoms with Crippen LogP contribution in [0, 0.1) is 0 Å². The lowest BCUT2D eigenvalue weighted by atomic mass is 10.1. The normalized spacial score (nSPS) is 11.7. The molecule has 0 radical (unpaired) electrons. The maximum absolute atomic E-state index is 12.4. The summed E-state index contributed by atoms with van der Waals surface area (Å²) in [5.41, 5.74) is 0.226. The highest BCUT2D eigenvalue weighted by atomic mass is 35.5. The predicted molar refractivity (Wildman–Crippen MR) is 79.3 cm³/mol. The number of nitrogens with two attached hydrogens (primary N) is 1. The molecular formula is C13H19ClN2O3S. The van der Waals surface area contributed by atoms with Crippen molar-refractivity contribution >= 4 is 27.5 Å². The van der Waals surface area contributed by atoms with Gasteiger partial charge < -0.3 is 4.90 Å². The molecule has 0 aliphatic rings. The fourth-order valence-electron chi connectivity index (χ4n) is 1.85. The Balaban J connectivity index is 3.25. The summed E-state index contributed by atoms with van der Waals surface area (Å²) < 4.78 is 22.8. The minimum atomic E-state index is -3.89. The Kier molecular flexibility index (Phi) is 5.56. The van der Waals surface area contributed by atoms with E-state index in [1.807, 2.05) is 20.8 Å². The molecule has 0 aliphatic carbocycles. The molecule has 0 saturated carbocycles. The van der Waals surface area contributed by atoms with Crippen molar-refractivity contribution in [3.63, 3.8) is 0 Å². The van der Waals surface area contributed by atoms with E-state index in [4.69, 9.17) is 16.7 Å². The number of hydrogen-bond acceptors (Lipinski definition) is 3. The molecule has 5 nitrogen and oxygen atoms in total. The van der Waals surface area contributed by atoms with Gasteiger partial charge in [0.1, 0.15) is 0 Å². The molecule has 20 heavy (non-hydrogen) atoms. The van der Waals surface area contributed by atoms with E-state index >= 15 is 0 Å². The molecule has 0 bridgehead atoms. The van der Waals surface area contributed by atoms with Gasteiger partial charge in [0.05, 0.1) is 4.90 Å². The fraction of sp³-hybridized carbons (Fsp3) is 0.462. The first-order valence-corrected chi connectivity index (χ1v) is 8.23. The maximum atomic E-state index is 12.4. The van der Waals surface area contributed by atoms with Crippen LogP contribution < -0.4 is 5.14 Å². The Labute approximate surface area is 124 Å². The first kappa shape index (κ1) is 16.9. The highest BCUT2D eigenvalue weighted by Gasteiger charge is 2.20. The number of primary sulfonamides is 1. The van der Waals surface area contributed by atoms with Crippen molar-refractivity contribution in [2.24, 2.45) is 5.14 Å². The zero-order valence-corrected chi connectivity index (χ0v) is 13.3. The smallest absolute Gasteiger partial charge is 0.254 e. The lowest BCUT2D eigenvalue weighted by Gasteiger charge is -2.26. The van der Waals surface area contributed by atoms with Crippen molar-refractivity contribution in [3.05, 3.63) is 28.8 Å². The van der Waals surface area contributed by atoms with Crippen molar-refractivity contribution in [2.75, 3.05) is 6.54 Å². The standard InChI is InChI=1S/C13H19ClN2O3S/c1-4-5-16(9(2)3)13(17)10-6-11(14)8-12(7-10)20(15,18)19/h6-9H,4-5H2,1-3H3,(H2,15,18,19). The molecule has 1 amide bonds. The molecule has 1 aromatic rings. The number of carbonyl (C=O) groups is 1. The third-order valence-corrected chi connectivity index (χ3v) is 3.91. The fourth-order valence-corrected chi connectivity index (χ4v) is 2.73. The summed E-state index contributed by atoms with van der Waals surface area (Å²) in [4.78, 5) is 13.9. The zero-order chi connectivity index (χ0) is 15.5. The van der Waals surface area contributed by atoms with E-state index in [0.717, 1.165) is 6.42 Å². The van der Waals surface area contributed by atoms with E-state index in [9.17, 15) is 13.2 Å². The summed E-state index contributed by atoms with van der Waals surface area (Å²) in [5, 5.41) is 5.24. The van der Waals surface area contributed by atoms with Crippen LogP contribution in [0.1, 0.15) is 37.6 Å². The van der Waals surface area contributed by atoms with Gasteiger partial charge in [0.15, 0.2) is 0 Å². The molecule has 0 atom stereocenters. The van der Waals surface area contributed by atoms with Crippen molar-refractivity contribution < 1.29 is 13.2 Å². The number of benzene rings is 1. The van der Waals surface area contributed by atoms with Gasteiger partial charge in [0, 0.05) is 23.2 Å². The van der Waals surface area contributed by atoms with Gasteiger partial charge in [-0.25, -0.2) is 13.6 Å². The van der Waals surface area contributed by atoms with E-state index in [0.29, 0.717) is 6.54 Å². The Hall–Kier alpha value is -1.11. The molecule has 1 aromatic carbocycles. The maximum Gasteiger partial charge on any atom is 0.254 e. The Bertz CT molecular complexity index is 600. The molecule has 112 valence electrons. The number of amides is 1. The molecule has 7 heteroatoms. The first-order chi connectivity index (χ1) is 9.16. The second kappa shape index (κ2) is 6.56. The van der Waals surface area contributed by atoms with Crippen LogP contribution in [0.25, 0.3) is 0 Å². The highest BCUT2D eigenvalue weighted by Crippen LogP contribution is 2.20. The number of nitrogens with zero attached hydrogens (tertiary/aromatic N) is 1. The van der Waals surface area contributed by atoms with Gasteiger partial charge in [-0.15, -0.1) is 0 Å². The predicted octanol–water partition coefficient (Wildman–Crippen LogP) is 2.25. The molecule has 2 N–H and O–H groups in total. The topological polar surface area (TPSA) is 80.5 Å². The van der Waals surface area contributed by atoms with Crippen molar-refractivity contribution in [1.82, 2.24) is 4.90 Å². The third-order valence-electron chi connectivity index (χ3n) is 2.80. The molecule has 1 rings (SSSR count). The SMILES string of the molecule is CCCN(C(=O)c1cc(Cl)cc(S(N)(=O)=O)c1)C(C)C. The van der Waals surface area contributed by atoms with Crippen LogP contribution in [0.4, 0.5) is 0 Å². The molecule has 0 aromatic heterocycles. The molecule has 0 spiro atoms. The van der Waals surface area contributed by atoms with Crippen LogP contribution in [-0.2, 0) is 10.0 Å². The van der Waals surface area contributed by atoms with Gasteiger partial charge in [-0.2, -0.15) is 0 Å². The average Bonchev–Trinajstić information content (AvgIpc) is 2.33. The summed E-state index contributed by atoms with van der Waals surface area (Å²) in [6.07, 6.45) is 0.812. The second-order valence-electron chi connectivity index (χ2n) is 4.81. The summed E-state index contributed by atoms with van der Waals surface area (Å²) in [6, 6.07) is 3.95. The Morgan fingerprint density at radius 2 is 1.95 bits per heavy atom. The number of rotatable bonds is 5. The summed E-state index contributed by atoms with van der Waals surface area (Å²) in [6.45, 7) is 6.36. The molecule has 0 heterocycles. The Morgan fingerprint density at radius 3 is 2.40 bits per heavy atom. The quantitative estimate of drug-likeness (QED) is 0.904. The molecule has 0 aliphatic heterocycles. The van der Waals surface area contributed by atoms with E-state index in [-0.39, 0.29) is 27.4 Å². The average molecular weight is 319 g/mol. The van der Waals surface area contributed by atoms with Crippen molar-refractivity contribution in [3.8, 4) is 0 Å². The van der Waals surface area contributed by atoms with Crippen LogP contribution in [0.3, 0.4) is 0 Å². The lowest BCUT2D eigenvalue weighted by Crippen LogP contribution is -2.37. The minimum absolute atomic E-state index is 0.0133. The van der Waals surface area contributed by atoms with E-state index < -0.39 is 10.0 Å². The van der Waals surface area contributed by atoms with Crippen LogP contribution in [0.5, 0.6) is 0 Å². The van der Waals surface area contributed by atoms with E-state index in [1.165, 1.54) is 18.2 Å². The monoisotopic (exact) mass is 318 g/mol. The lowest BCUT2D eigenvalue weighted by molar-refractivity contribution is 0.0705. The van der Waals surface area contributed by atoms with Gasteiger partial charge in [-0.1, -0.05) is 18.5 Å². The van der Waals surface area contributed by atoms with Crippen LogP contribution in [0.15, 0.2) is 23.1 Å². The highest BCUT2D eigenvalue weighted by molar-refractivity contribution is 7.89. The summed E-state index contributed by atoms with van der Waals surface area (Å²) in [7, 11) is -3.89. The van der Waals surface area contributed by atoms with Crippen LogP contribution in [0.2, 0.25) is 5.02 Å². The Morgan fingerprint density at radius 1 is 1.35 bits per heavy atom. The van der Waals surface area contributed by atoms with Gasteiger partial charge in [-0.05, 0) is 38.5 Å². The van der Waals surface area contributed by atoms with E-state index in [1.54, 1.807) is 4.90 Å². The van der Waals surface area contributed by atoms with E-state index in [2.05, 4.69) is 0 Å². The first-order valence-electron chi connectivity index (χ1n) is 6.31. The summed E-state index contributed by atoms with van der Waals surface area (Å²) in [5.74, 6) is -0.255. The number of hydrogen-bond donors (Lipinski definition) is 1. The summed E-state index contributed by atoms with van der Waals surface area (Å²) >= 11 is 5.87. The largest absolute Gasteiger partial charge is 0.336 e. The zero-order valence-electron chi connectivity index (χ0n) is 11.8. The molecule has 0 fully saturated rings. The molecule has 0 unspecified atom stereocenters. The van der Waals surface area contributed by atoms with Gasteiger partial charge in [0.2, 0.25) is 10.0 Å². The number of carbonyl (C=O) groups excluding carboxylic acids is 1. The van der Waals surface area contributed by atoms with Crippen molar-refractivity contribution in [2.45, 2.75) is 38.1 Å². The van der Waals surface area contributed by atoms with Crippen LogP contribution >= 0.6 is 11.6 Å². The number of halogens is 1. The van der Waals surface area contributed by atoms with Gasteiger partial charge >= 0.3 is 0 Å².